The van der Waals surface area contributed by atoms with Crippen LogP contribution >= 0.6 is 0 Å². The average molecular weight is 897 g/mol. The zero-order chi connectivity index (χ0) is 45.9. The lowest BCUT2D eigenvalue weighted by Gasteiger charge is -2.20. The SMILES string of the molecule is C1=CC2=C(CC1)C(c1nc(-c3nc(-c4ccccc4)nc(-n4c5ccccc5c5cc6c(cc54)c4ccccc4n6-c4ccccc4)n3)nc(C3c4ccccc4-c4ccccc43)n1)c1ccccc12. The van der Waals surface area contributed by atoms with E-state index in [-0.39, 0.29) is 11.8 Å². The van der Waals surface area contributed by atoms with Crippen molar-refractivity contribution in [3.63, 3.8) is 0 Å². The first kappa shape index (κ1) is 38.9. The van der Waals surface area contributed by atoms with Gasteiger partial charge in [-0.25, -0.2) is 19.9 Å². The van der Waals surface area contributed by atoms with Crippen LogP contribution in [0.2, 0.25) is 0 Å². The summed E-state index contributed by atoms with van der Waals surface area (Å²) < 4.78 is 4.56. The predicted molar refractivity (Wildman–Crippen MR) is 279 cm³/mol. The van der Waals surface area contributed by atoms with E-state index in [0.717, 1.165) is 62.3 Å². The van der Waals surface area contributed by atoms with Crippen LogP contribution in [0.3, 0.4) is 0 Å². The van der Waals surface area contributed by atoms with Crippen molar-refractivity contribution in [1.29, 1.82) is 0 Å². The molecule has 0 aliphatic heterocycles. The van der Waals surface area contributed by atoms with Crippen molar-refractivity contribution < 1.29 is 0 Å². The minimum Gasteiger partial charge on any atom is -0.309 e. The summed E-state index contributed by atoms with van der Waals surface area (Å²) in [6.07, 6.45) is 6.46. The first-order chi connectivity index (χ1) is 34.7. The first-order valence-corrected chi connectivity index (χ1v) is 24.0. The summed E-state index contributed by atoms with van der Waals surface area (Å²) >= 11 is 0. The Morgan fingerprint density at radius 3 is 1.59 bits per heavy atom. The number of hydrogen-bond donors (Lipinski definition) is 0. The van der Waals surface area contributed by atoms with E-state index in [0.29, 0.717) is 35.1 Å². The minimum absolute atomic E-state index is 0.156. The van der Waals surface area contributed by atoms with Gasteiger partial charge in [0, 0.05) is 32.8 Å². The van der Waals surface area contributed by atoms with E-state index in [9.17, 15) is 0 Å². The fourth-order valence-electron chi connectivity index (χ4n) is 11.7. The normalized spacial score (nSPS) is 15.0. The molecule has 0 saturated heterocycles. The molecule has 0 fully saturated rings. The smallest absolute Gasteiger partial charge is 0.238 e. The highest BCUT2D eigenvalue weighted by atomic mass is 15.2. The quantitative estimate of drug-likeness (QED) is 0.165. The van der Waals surface area contributed by atoms with Crippen LogP contribution in [0.4, 0.5) is 0 Å². The van der Waals surface area contributed by atoms with E-state index < -0.39 is 0 Å². The Morgan fingerprint density at radius 2 is 0.900 bits per heavy atom. The van der Waals surface area contributed by atoms with Gasteiger partial charge in [-0.15, -0.1) is 0 Å². The first-order valence-electron chi connectivity index (χ1n) is 24.0. The number of aromatic nitrogens is 8. The number of hydrogen-bond acceptors (Lipinski definition) is 6. The monoisotopic (exact) mass is 896 g/mol. The third kappa shape index (κ3) is 5.77. The fraction of sp³-hybridized carbons (Fsp3) is 0.0645. The summed E-state index contributed by atoms with van der Waals surface area (Å²) in [5, 5.41) is 4.50. The van der Waals surface area contributed by atoms with Crippen molar-refractivity contribution in [1.82, 2.24) is 39.0 Å². The van der Waals surface area contributed by atoms with Gasteiger partial charge in [-0.3, -0.25) is 4.57 Å². The molecule has 1 unspecified atom stereocenters. The Labute approximate surface area is 402 Å². The van der Waals surface area contributed by atoms with Crippen molar-refractivity contribution in [3.8, 4) is 45.8 Å². The molecule has 8 heteroatoms. The van der Waals surface area contributed by atoms with Crippen LogP contribution in [-0.4, -0.2) is 39.0 Å². The molecule has 8 aromatic carbocycles. The van der Waals surface area contributed by atoms with Crippen LogP contribution in [0, 0.1) is 0 Å². The van der Waals surface area contributed by atoms with Crippen molar-refractivity contribution >= 4 is 49.2 Å². The van der Waals surface area contributed by atoms with Gasteiger partial charge in [-0.05, 0) is 93.8 Å². The number of allylic oxidation sites excluding steroid dienone is 4. The van der Waals surface area contributed by atoms with Crippen LogP contribution in [0.25, 0.3) is 95.0 Å². The molecular weight excluding hydrogens is 857 g/mol. The second-order valence-corrected chi connectivity index (χ2v) is 18.5. The molecule has 0 radical (unpaired) electrons. The number of nitrogens with zero attached hydrogens (tertiary/aromatic N) is 8. The standard InChI is InChI=1S/C62H40N8/c1-3-19-37(20-4-1)57-63-61(68-62(67-57)70-52-34-18-16-28-44(52)50-35-53-49(36-54(50)70)43-27-15-17-33-51(43)69(53)38-21-5-2-6-22-38)60-65-58(55-45-29-11-7-23-39(45)40-24-8-12-30-46(40)55)64-59(66-60)56-47-31-13-9-25-41(47)42-26-10-14-32-48(42)56/h1-13,15-31,33-36,55-56H,14,32H2. The molecule has 4 aromatic heterocycles. The highest BCUT2D eigenvalue weighted by Crippen LogP contribution is 2.51. The molecule has 328 valence electrons. The van der Waals surface area contributed by atoms with E-state index in [1.54, 1.807) is 0 Å². The van der Waals surface area contributed by atoms with Gasteiger partial charge < -0.3 is 4.57 Å². The van der Waals surface area contributed by atoms with Gasteiger partial charge in [-0.1, -0.05) is 170 Å². The molecule has 3 aliphatic rings. The average Bonchev–Trinajstić information content (AvgIpc) is 4.15. The third-order valence-electron chi connectivity index (χ3n) is 14.7. The van der Waals surface area contributed by atoms with Crippen LogP contribution in [0.15, 0.2) is 212 Å². The molecule has 8 nitrogen and oxygen atoms in total. The molecule has 0 saturated carbocycles. The molecule has 1 atom stereocenters. The van der Waals surface area contributed by atoms with Gasteiger partial charge in [0.1, 0.15) is 11.6 Å². The number of rotatable bonds is 6. The highest BCUT2D eigenvalue weighted by molar-refractivity contribution is 6.19. The third-order valence-corrected chi connectivity index (χ3v) is 14.7. The molecule has 3 aliphatic carbocycles. The maximum atomic E-state index is 5.56. The number of para-hydroxylation sites is 3. The van der Waals surface area contributed by atoms with E-state index >= 15 is 0 Å². The Bertz CT molecular complexity index is 4160. The minimum atomic E-state index is -0.225. The Balaban J connectivity index is 1.01. The van der Waals surface area contributed by atoms with Gasteiger partial charge in [0.05, 0.1) is 33.9 Å². The second-order valence-electron chi connectivity index (χ2n) is 18.5. The lowest BCUT2D eigenvalue weighted by molar-refractivity contribution is 0.744. The molecule has 4 heterocycles. The fourth-order valence-corrected chi connectivity index (χ4v) is 11.7. The van der Waals surface area contributed by atoms with Crippen LogP contribution in [0.5, 0.6) is 0 Å². The van der Waals surface area contributed by atoms with E-state index in [4.69, 9.17) is 29.9 Å². The van der Waals surface area contributed by atoms with Crippen LogP contribution in [-0.2, 0) is 0 Å². The van der Waals surface area contributed by atoms with Gasteiger partial charge in [-0.2, -0.15) is 9.97 Å². The molecule has 0 spiro atoms. The maximum absolute atomic E-state index is 5.56. The largest absolute Gasteiger partial charge is 0.309 e. The molecule has 0 amide bonds. The second kappa shape index (κ2) is 15.2. The summed E-state index contributed by atoms with van der Waals surface area (Å²) in [4.78, 5) is 32.7. The Hall–Kier alpha value is -9.14. The van der Waals surface area contributed by atoms with Gasteiger partial charge in [0.2, 0.25) is 17.6 Å². The zero-order valence-corrected chi connectivity index (χ0v) is 37.8. The van der Waals surface area contributed by atoms with Gasteiger partial charge >= 0.3 is 0 Å². The van der Waals surface area contributed by atoms with Gasteiger partial charge in [0.15, 0.2) is 5.82 Å². The summed E-state index contributed by atoms with van der Waals surface area (Å²) in [6.45, 7) is 0. The molecular formula is C62H40N8. The summed E-state index contributed by atoms with van der Waals surface area (Å²) in [5.41, 5.74) is 16.0. The zero-order valence-electron chi connectivity index (χ0n) is 37.8. The summed E-state index contributed by atoms with van der Waals surface area (Å²) in [6, 6.07) is 68.6. The molecule has 12 aromatic rings. The summed E-state index contributed by atoms with van der Waals surface area (Å²) in [5.74, 6) is 2.80. The maximum Gasteiger partial charge on any atom is 0.238 e. The van der Waals surface area contributed by atoms with E-state index in [2.05, 4.69) is 185 Å². The van der Waals surface area contributed by atoms with Crippen molar-refractivity contribution in [2.24, 2.45) is 0 Å². The highest BCUT2D eigenvalue weighted by Gasteiger charge is 2.37. The van der Waals surface area contributed by atoms with Crippen molar-refractivity contribution in [2.75, 3.05) is 0 Å². The van der Waals surface area contributed by atoms with E-state index in [1.165, 1.54) is 49.9 Å². The topological polar surface area (TPSA) is 87.2 Å². The van der Waals surface area contributed by atoms with Crippen LogP contribution in [0.1, 0.15) is 58.6 Å². The van der Waals surface area contributed by atoms with Crippen LogP contribution < -0.4 is 0 Å². The number of fused-ring (bicyclic) bond motifs is 11. The molecule has 0 bridgehead atoms. The Kier molecular flexibility index (Phi) is 8.44. The number of benzene rings is 8. The molecule has 70 heavy (non-hydrogen) atoms. The lowest BCUT2D eigenvalue weighted by Crippen LogP contribution is -2.16. The van der Waals surface area contributed by atoms with Crippen molar-refractivity contribution in [3.05, 3.63) is 246 Å². The summed E-state index contributed by atoms with van der Waals surface area (Å²) in [7, 11) is 0. The predicted octanol–water partition coefficient (Wildman–Crippen LogP) is 14.0. The Morgan fingerprint density at radius 1 is 0.386 bits per heavy atom. The molecule has 0 N–H and O–H groups in total. The lowest BCUT2D eigenvalue weighted by atomic mass is 9.89. The molecule has 15 rings (SSSR count). The van der Waals surface area contributed by atoms with Crippen molar-refractivity contribution in [2.45, 2.75) is 24.7 Å². The van der Waals surface area contributed by atoms with Gasteiger partial charge in [0.25, 0.3) is 0 Å². The van der Waals surface area contributed by atoms with E-state index in [1.807, 2.05) is 30.3 Å².